The maximum atomic E-state index is 13.0. The molecule has 0 spiro atoms. The number of rotatable bonds is 4. The summed E-state index contributed by atoms with van der Waals surface area (Å²) in [5.41, 5.74) is 0.182. The van der Waals surface area contributed by atoms with Gasteiger partial charge in [-0.05, 0) is 42.8 Å². The van der Waals surface area contributed by atoms with Crippen LogP contribution in [0.5, 0.6) is 5.75 Å². The van der Waals surface area contributed by atoms with Gasteiger partial charge in [0.05, 0.1) is 17.0 Å². The molecule has 0 N–H and O–H groups in total. The fourth-order valence-electron chi connectivity index (χ4n) is 4.06. The van der Waals surface area contributed by atoms with E-state index in [4.69, 9.17) is 23.2 Å². The van der Waals surface area contributed by atoms with Gasteiger partial charge >= 0.3 is 6.11 Å². The average Bonchev–Trinajstić information content (AvgIpc) is 3.14. The molecular weight excluding hydrogens is 411 g/mol. The molecule has 0 aromatic heterocycles. The number of fused-ring (bicyclic) bond motifs is 1. The Morgan fingerprint density at radius 2 is 1.61 bits per heavy atom. The second-order valence-electron chi connectivity index (χ2n) is 7.32. The van der Waals surface area contributed by atoms with Crippen LogP contribution in [0.1, 0.15) is 25.3 Å². The van der Waals surface area contributed by atoms with Crippen LogP contribution in [0, 0.1) is 11.3 Å². The molecule has 1 heterocycles. The molecule has 1 aliphatic heterocycles. The summed E-state index contributed by atoms with van der Waals surface area (Å²) in [4.78, 5) is 27.1. The molecule has 3 atom stereocenters. The van der Waals surface area contributed by atoms with Crippen LogP contribution in [-0.2, 0) is 9.59 Å². The van der Waals surface area contributed by atoms with Gasteiger partial charge in [-0.25, -0.2) is 4.90 Å². The summed E-state index contributed by atoms with van der Waals surface area (Å²) in [7, 11) is 0. The van der Waals surface area contributed by atoms with Gasteiger partial charge in [-0.1, -0.05) is 35.3 Å². The Balaban J connectivity index is 1.59. The average molecular weight is 426 g/mol. The number of hydrogen-bond donors (Lipinski definition) is 0. The Morgan fingerprint density at radius 3 is 2.07 bits per heavy atom. The number of carbonyl (C=O) groups is 2. The zero-order valence-electron chi connectivity index (χ0n) is 14.9. The van der Waals surface area contributed by atoms with Gasteiger partial charge in [-0.15, -0.1) is 0 Å². The molecule has 4 rings (SSSR count). The highest BCUT2D eigenvalue weighted by Crippen LogP contribution is 2.70. The third kappa shape index (κ3) is 2.95. The zero-order chi connectivity index (χ0) is 20.4. The summed E-state index contributed by atoms with van der Waals surface area (Å²) in [5.74, 6) is -1.46. The van der Waals surface area contributed by atoms with Gasteiger partial charge in [0, 0.05) is 22.9 Å². The van der Waals surface area contributed by atoms with E-state index in [-0.39, 0.29) is 23.5 Å². The van der Waals surface area contributed by atoms with Crippen LogP contribution in [0.2, 0.25) is 10.0 Å². The van der Waals surface area contributed by atoms with E-state index < -0.39 is 17.4 Å². The second kappa shape index (κ2) is 6.16. The molecule has 2 aromatic rings. The molecule has 2 aliphatic rings. The summed E-state index contributed by atoms with van der Waals surface area (Å²) in [6.07, 6.45) is -3.28. The van der Waals surface area contributed by atoms with E-state index in [1.54, 1.807) is 19.1 Å². The lowest BCUT2D eigenvalue weighted by atomic mass is 9.99. The van der Waals surface area contributed by atoms with Gasteiger partial charge in [-0.2, -0.15) is 8.78 Å². The molecule has 2 aromatic carbocycles. The number of hydrogen-bond acceptors (Lipinski definition) is 3. The van der Waals surface area contributed by atoms with Crippen molar-refractivity contribution in [2.45, 2.75) is 25.9 Å². The lowest BCUT2D eigenvalue weighted by Crippen LogP contribution is -2.36. The van der Waals surface area contributed by atoms with Crippen molar-refractivity contribution in [2.24, 2.45) is 11.3 Å². The van der Waals surface area contributed by atoms with Crippen LogP contribution in [0.4, 0.5) is 14.5 Å². The number of piperidine rings is 1. The topological polar surface area (TPSA) is 46.6 Å². The van der Waals surface area contributed by atoms with Gasteiger partial charge in [0.2, 0.25) is 11.8 Å². The zero-order valence-corrected chi connectivity index (χ0v) is 16.4. The molecule has 1 aliphatic carbocycles. The monoisotopic (exact) mass is 425 g/mol. The number of benzene rings is 2. The summed E-state index contributed by atoms with van der Waals surface area (Å²) in [6, 6.07) is 10.6. The van der Waals surface area contributed by atoms with Crippen molar-refractivity contribution in [3.05, 3.63) is 58.1 Å². The van der Waals surface area contributed by atoms with Gasteiger partial charge in [-0.3, -0.25) is 9.59 Å². The number of carbonyl (C=O) groups excluding carboxylic acids is 2. The first kappa shape index (κ1) is 19.2. The molecule has 8 heteroatoms. The maximum absolute atomic E-state index is 13.0. The van der Waals surface area contributed by atoms with Gasteiger partial charge in [0.25, 0.3) is 0 Å². The molecule has 2 fully saturated rings. The predicted molar refractivity (Wildman–Crippen MR) is 101 cm³/mol. The van der Waals surface area contributed by atoms with Crippen LogP contribution in [0.15, 0.2) is 42.5 Å². The smallest absolute Gasteiger partial charge is 0.394 e. The minimum atomic E-state index is -3.28. The molecule has 28 heavy (non-hydrogen) atoms. The fourth-order valence-corrected chi connectivity index (χ4v) is 4.57. The van der Waals surface area contributed by atoms with Crippen LogP contribution in [0.3, 0.4) is 0 Å². The fraction of sp³-hybridized carbons (Fsp3) is 0.300. The van der Waals surface area contributed by atoms with E-state index in [1.807, 2.05) is 0 Å². The lowest BCUT2D eigenvalue weighted by molar-refractivity contribution is -0.159. The van der Waals surface area contributed by atoms with Crippen molar-refractivity contribution in [2.75, 3.05) is 4.90 Å². The first-order valence-corrected chi connectivity index (χ1v) is 9.29. The van der Waals surface area contributed by atoms with Crippen molar-refractivity contribution < 1.29 is 23.1 Å². The highest BCUT2D eigenvalue weighted by atomic mass is 35.5. The third-order valence-electron chi connectivity index (χ3n) is 5.31. The van der Waals surface area contributed by atoms with Crippen molar-refractivity contribution >= 4 is 40.7 Å². The summed E-state index contributed by atoms with van der Waals surface area (Å²) >= 11 is 12.0. The number of amides is 2. The first-order valence-electron chi connectivity index (χ1n) is 8.53. The normalized spacial score (nSPS) is 26.4. The highest BCUT2D eigenvalue weighted by molar-refractivity contribution is 6.36. The molecule has 2 amide bonds. The van der Waals surface area contributed by atoms with Crippen LogP contribution in [-0.4, -0.2) is 17.9 Å². The molecule has 0 unspecified atom stereocenters. The molecule has 4 nitrogen and oxygen atoms in total. The summed E-state index contributed by atoms with van der Waals surface area (Å²) < 4.78 is 30.4. The standard InChI is InChI=1S/C20H15Cl2F2NO3/c1-19-15(10-3-5-14(6-4-10)28-20(2,23)24)16(19)17(26)25(18(19)27)13-8-11(21)7-12(22)9-13/h3-9,15-16H,1-2H3/t15-,16-,19-/m0/s1. The predicted octanol–water partition coefficient (Wildman–Crippen LogP) is 5.28. The second-order valence-corrected chi connectivity index (χ2v) is 8.20. The lowest BCUT2D eigenvalue weighted by Gasteiger charge is -2.21. The summed E-state index contributed by atoms with van der Waals surface area (Å²) in [6.45, 7) is 2.39. The Hall–Kier alpha value is -2.18. The molecular formula is C20H15Cl2F2NO3. The van der Waals surface area contributed by atoms with E-state index in [1.165, 1.54) is 30.3 Å². The van der Waals surface area contributed by atoms with Crippen LogP contribution < -0.4 is 9.64 Å². The van der Waals surface area contributed by atoms with E-state index in [0.717, 1.165) is 10.5 Å². The van der Waals surface area contributed by atoms with E-state index in [9.17, 15) is 18.4 Å². The number of halogens is 4. The number of alkyl halides is 2. The van der Waals surface area contributed by atoms with Gasteiger partial charge in [0.1, 0.15) is 5.75 Å². The first-order chi connectivity index (χ1) is 13.0. The van der Waals surface area contributed by atoms with Crippen molar-refractivity contribution in [1.29, 1.82) is 0 Å². The third-order valence-corrected chi connectivity index (χ3v) is 5.74. The molecule has 0 bridgehead atoms. The SMILES string of the molecule is CC(F)(F)Oc1ccc([C@H]2[C@H]3C(=O)N(c4cc(Cl)cc(Cl)c4)C(=O)[C@]32C)cc1. The Labute approximate surface area is 170 Å². The number of anilines is 1. The van der Waals surface area contributed by atoms with E-state index >= 15 is 0 Å². The summed E-state index contributed by atoms with van der Waals surface area (Å²) in [5, 5.41) is 0.655. The molecule has 1 saturated carbocycles. The Bertz CT molecular complexity index is 970. The van der Waals surface area contributed by atoms with Gasteiger partial charge < -0.3 is 4.74 Å². The Kier molecular flexibility index (Phi) is 4.21. The van der Waals surface area contributed by atoms with Crippen molar-refractivity contribution in [1.82, 2.24) is 0 Å². The van der Waals surface area contributed by atoms with Gasteiger partial charge in [0.15, 0.2) is 0 Å². The van der Waals surface area contributed by atoms with Crippen molar-refractivity contribution in [3.8, 4) is 5.75 Å². The number of nitrogens with zero attached hydrogens (tertiary/aromatic N) is 1. The highest BCUT2D eigenvalue weighted by Gasteiger charge is 2.77. The minimum Gasteiger partial charge on any atom is -0.433 e. The molecule has 0 radical (unpaired) electrons. The number of ether oxygens (including phenoxy) is 1. The van der Waals surface area contributed by atoms with E-state index in [0.29, 0.717) is 22.7 Å². The Morgan fingerprint density at radius 1 is 1.04 bits per heavy atom. The molecule has 1 saturated heterocycles. The largest absolute Gasteiger partial charge is 0.433 e. The molecule has 146 valence electrons. The minimum absolute atomic E-state index is 0.0139. The van der Waals surface area contributed by atoms with Crippen LogP contribution >= 0.6 is 23.2 Å². The van der Waals surface area contributed by atoms with Crippen molar-refractivity contribution in [3.63, 3.8) is 0 Å². The van der Waals surface area contributed by atoms with E-state index in [2.05, 4.69) is 4.74 Å². The quantitative estimate of drug-likeness (QED) is 0.626. The maximum Gasteiger partial charge on any atom is 0.394 e. The number of imide groups is 1. The van der Waals surface area contributed by atoms with Crippen LogP contribution in [0.25, 0.3) is 0 Å².